The summed E-state index contributed by atoms with van der Waals surface area (Å²) in [5.74, 6) is 1.36. The Hall–Kier alpha value is 0.494. The first-order valence-electron chi connectivity index (χ1n) is 5.50. The van der Waals surface area contributed by atoms with Crippen LogP contribution >= 0.6 is 0 Å². The Kier molecular flexibility index (Phi) is 6.79. The van der Waals surface area contributed by atoms with Gasteiger partial charge in [0.1, 0.15) is 0 Å². The summed E-state index contributed by atoms with van der Waals surface area (Å²) in [5.41, 5.74) is 0. The average Bonchev–Trinajstić information content (AvgIpc) is 2.67. The number of hydrogen-bond donors (Lipinski definition) is 2. The number of hydrogen-bond acceptors (Lipinski definition) is 3. The minimum atomic E-state index is -3.51. The summed E-state index contributed by atoms with van der Waals surface area (Å²) in [6.07, 6.45) is 3.39. The van der Waals surface area contributed by atoms with E-state index in [4.69, 9.17) is 4.42 Å². The van der Waals surface area contributed by atoms with Gasteiger partial charge in [-0.2, -0.15) is 0 Å². The molecule has 6 heteroatoms. The smallest absolute Gasteiger partial charge is 1.00 e. The Labute approximate surface area is 119 Å². The summed E-state index contributed by atoms with van der Waals surface area (Å²) >= 11 is -3.51. The van der Waals surface area contributed by atoms with Gasteiger partial charge in [-0.3, -0.25) is 0 Å². The fraction of sp³-hybridized carbons (Fsp3) is 0.636. The van der Waals surface area contributed by atoms with E-state index in [0.717, 1.165) is 18.6 Å². The van der Waals surface area contributed by atoms with E-state index in [1.165, 1.54) is 0 Å². The van der Waals surface area contributed by atoms with Gasteiger partial charge in [-0.25, -0.2) is 0 Å². The Bertz CT molecular complexity index is 315. The molecule has 2 N–H and O–H groups in total. The molecule has 1 aromatic rings. The van der Waals surface area contributed by atoms with Gasteiger partial charge in [0.05, 0.1) is 0 Å². The second-order valence-electron chi connectivity index (χ2n) is 4.77. The molecule has 1 aliphatic heterocycles. The van der Waals surface area contributed by atoms with Crippen LogP contribution in [0.2, 0.25) is 8.45 Å². The van der Waals surface area contributed by atoms with Gasteiger partial charge in [-0.1, -0.05) is 0 Å². The summed E-state index contributed by atoms with van der Waals surface area (Å²) in [7, 11) is 0. The predicted octanol–water partition coefficient (Wildman–Crippen LogP) is -3.25. The van der Waals surface area contributed by atoms with Crippen molar-refractivity contribution in [3.05, 3.63) is 24.2 Å². The summed E-state index contributed by atoms with van der Waals surface area (Å²) in [6.45, 7) is 3.93. The van der Waals surface area contributed by atoms with Crippen LogP contribution in [0.25, 0.3) is 0 Å². The molecular weight excluding hydrogens is 299 g/mol. The third-order valence-electron chi connectivity index (χ3n) is 3.67. The molecular formula is C11H18Cl2O3Ti. The minimum Gasteiger partial charge on any atom is -1.00 e. The Morgan fingerprint density at radius 1 is 1.18 bits per heavy atom. The van der Waals surface area contributed by atoms with Gasteiger partial charge < -0.3 is 24.8 Å². The van der Waals surface area contributed by atoms with Gasteiger partial charge in [0.25, 0.3) is 0 Å². The van der Waals surface area contributed by atoms with Gasteiger partial charge in [0.2, 0.25) is 0 Å². The van der Waals surface area contributed by atoms with Crippen LogP contribution < -0.4 is 24.8 Å². The van der Waals surface area contributed by atoms with Crippen LogP contribution in [0.4, 0.5) is 0 Å². The van der Waals surface area contributed by atoms with Gasteiger partial charge >= 0.3 is 94.4 Å². The Balaban J connectivity index is 0.00000128. The molecule has 0 spiro atoms. The molecule has 1 saturated heterocycles. The largest absolute Gasteiger partial charge is 1.00 e. The van der Waals surface area contributed by atoms with Crippen molar-refractivity contribution in [1.29, 1.82) is 0 Å². The fourth-order valence-corrected chi connectivity index (χ4v) is 6.03. The molecule has 1 fully saturated rings. The number of furan rings is 1. The van der Waals surface area contributed by atoms with Gasteiger partial charge in [-0.05, 0) is 0 Å². The normalized spacial score (nSPS) is 29.3. The fourth-order valence-electron chi connectivity index (χ4n) is 2.54. The van der Waals surface area contributed by atoms with Crippen LogP contribution in [0.1, 0.15) is 38.4 Å². The Morgan fingerprint density at radius 2 is 1.71 bits per heavy atom. The molecule has 3 nitrogen and oxygen atoms in total. The first-order valence-corrected chi connectivity index (χ1v) is 8.70. The van der Waals surface area contributed by atoms with Crippen molar-refractivity contribution in [2.75, 3.05) is 0 Å². The van der Waals surface area contributed by atoms with Crippen molar-refractivity contribution in [2.45, 2.75) is 41.1 Å². The average molecular weight is 317 g/mol. The van der Waals surface area contributed by atoms with Crippen LogP contribution in [-0.4, -0.2) is 7.38 Å². The van der Waals surface area contributed by atoms with Crippen LogP contribution in [-0.2, 0) is 17.4 Å². The van der Waals surface area contributed by atoms with Gasteiger partial charge in [0, 0.05) is 0 Å². The van der Waals surface area contributed by atoms with Crippen LogP contribution in [0.5, 0.6) is 0 Å². The number of rotatable bonds is 1. The van der Waals surface area contributed by atoms with Crippen molar-refractivity contribution in [3.63, 3.8) is 0 Å². The zero-order chi connectivity index (χ0) is 11.1. The molecule has 0 radical (unpaired) electrons. The maximum absolute atomic E-state index is 10.0. The number of halogens is 2. The molecule has 1 aliphatic rings. The van der Waals surface area contributed by atoms with E-state index in [1.807, 2.05) is 26.0 Å². The molecule has 2 rings (SSSR count). The zero-order valence-corrected chi connectivity index (χ0v) is 13.0. The van der Waals surface area contributed by atoms with E-state index in [9.17, 15) is 7.38 Å². The molecule has 2 unspecified atom stereocenters. The van der Waals surface area contributed by atoms with Gasteiger partial charge in [-0.15, -0.1) is 0 Å². The zero-order valence-electron chi connectivity index (χ0n) is 9.94. The Morgan fingerprint density at radius 3 is 2.12 bits per heavy atom. The van der Waals surface area contributed by atoms with Crippen molar-refractivity contribution < 1.29 is 54.0 Å². The molecule has 2 atom stereocenters. The monoisotopic (exact) mass is 316 g/mol. The van der Waals surface area contributed by atoms with Crippen LogP contribution in [0, 0.1) is 0 Å². The van der Waals surface area contributed by atoms with E-state index >= 15 is 0 Å². The minimum absolute atomic E-state index is 0. The SMILES string of the molecule is C[CH]1CC(c2ccco2)C[CH](C)[Ti+2]1([OH])[OH].[Cl-].[Cl-]. The summed E-state index contributed by atoms with van der Waals surface area (Å²) in [6, 6.07) is 3.88. The van der Waals surface area contributed by atoms with E-state index in [-0.39, 0.29) is 33.3 Å². The standard InChI is InChI=1S/C11H16O.2ClH.2H2O.Ti/c1-3-6-10(7-4-2)11-8-5-9-12-11;;;;;/h3-5,8-10H,6-7H2,1-2H3;2*1H;2*1H2;/q;;;;;+4/p-4. The molecule has 0 amide bonds. The van der Waals surface area contributed by atoms with Crippen LogP contribution in [0.15, 0.2) is 22.8 Å². The van der Waals surface area contributed by atoms with Crippen molar-refractivity contribution in [2.24, 2.45) is 0 Å². The first-order chi connectivity index (χ1) is 7.01. The molecule has 0 aromatic carbocycles. The summed E-state index contributed by atoms with van der Waals surface area (Å²) in [5, 5.41) is 0. The molecule has 2 heterocycles. The van der Waals surface area contributed by atoms with E-state index in [0.29, 0.717) is 5.92 Å². The van der Waals surface area contributed by atoms with E-state index in [1.54, 1.807) is 6.26 Å². The molecule has 98 valence electrons. The van der Waals surface area contributed by atoms with Crippen molar-refractivity contribution >= 4 is 0 Å². The summed E-state index contributed by atoms with van der Waals surface area (Å²) in [4.78, 5) is 0. The molecule has 0 aliphatic carbocycles. The molecule has 1 aromatic heterocycles. The van der Waals surface area contributed by atoms with Crippen molar-refractivity contribution in [1.82, 2.24) is 0 Å². The van der Waals surface area contributed by atoms with E-state index < -0.39 is 17.4 Å². The quantitative estimate of drug-likeness (QED) is 0.535. The predicted molar refractivity (Wildman–Crippen MR) is 54.0 cm³/mol. The summed E-state index contributed by atoms with van der Waals surface area (Å²) < 4.78 is 25.6. The molecule has 0 bridgehead atoms. The van der Waals surface area contributed by atoms with E-state index in [2.05, 4.69) is 0 Å². The topological polar surface area (TPSA) is 53.6 Å². The second-order valence-corrected chi connectivity index (χ2v) is 10.3. The maximum atomic E-state index is 10.0. The van der Waals surface area contributed by atoms with Crippen LogP contribution in [0.3, 0.4) is 0 Å². The van der Waals surface area contributed by atoms with Gasteiger partial charge in [0.15, 0.2) is 0 Å². The van der Waals surface area contributed by atoms with Crippen molar-refractivity contribution in [3.8, 4) is 0 Å². The third kappa shape index (κ3) is 3.49. The maximum Gasteiger partial charge on any atom is -1.00 e. The molecule has 0 saturated carbocycles. The molecule has 17 heavy (non-hydrogen) atoms. The second kappa shape index (κ2) is 6.60. The third-order valence-corrected chi connectivity index (χ3v) is 8.94. The first kappa shape index (κ1) is 17.5.